The summed E-state index contributed by atoms with van der Waals surface area (Å²) in [7, 11) is 0. The minimum Gasteiger partial charge on any atom is -0.294 e. The van der Waals surface area contributed by atoms with E-state index < -0.39 is 23.3 Å². The molecular formula is C43H48Cl2F4N4O2. The lowest BCUT2D eigenvalue weighted by Gasteiger charge is -2.36. The minimum atomic E-state index is -0.681. The van der Waals surface area contributed by atoms with Crippen molar-refractivity contribution >= 4 is 23.2 Å². The SMILES string of the molecule is C.C.CC1(C)[C@H]2CC[C@]1(C)c1[nH]n(-c3ccc(F)cc3Cl)c(=O)c12.CC1(C)[C@H]2CC[C@]1(C)c1c2c(=O)n(-c2ccc(F)cc2Cl)n1Cc1ccc(F)cc1F. The predicted molar refractivity (Wildman–Crippen MR) is 211 cm³/mol. The van der Waals surface area contributed by atoms with Gasteiger partial charge in [0.1, 0.15) is 23.3 Å². The van der Waals surface area contributed by atoms with Crippen LogP contribution < -0.4 is 11.1 Å². The highest BCUT2D eigenvalue weighted by atomic mass is 35.5. The largest absolute Gasteiger partial charge is 0.294 e. The smallest absolute Gasteiger partial charge is 0.275 e. The first-order valence-electron chi connectivity index (χ1n) is 17.9. The first-order valence-corrected chi connectivity index (χ1v) is 18.7. The summed E-state index contributed by atoms with van der Waals surface area (Å²) in [5.41, 5.74) is 3.97. The molecule has 3 aromatic carbocycles. The van der Waals surface area contributed by atoms with Gasteiger partial charge in [0.05, 0.1) is 33.7 Å². The molecule has 4 bridgehead atoms. The Morgan fingerprint density at radius 1 is 0.691 bits per heavy atom. The Morgan fingerprint density at radius 2 is 1.20 bits per heavy atom. The molecule has 4 aliphatic rings. The molecule has 9 rings (SSSR count). The number of halogens is 6. The number of H-pyrrole nitrogens is 1. The maximum absolute atomic E-state index is 14.6. The topological polar surface area (TPSA) is 64.7 Å². The number of aromatic nitrogens is 4. The molecule has 1 N–H and O–H groups in total. The van der Waals surface area contributed by atoms with Crippen molar-refractivity contribution in [3.05, 3.63) is 137 Å². The van der Waals surface area contributed by atoms with Gasteiger partial charge in [0, 0.05) is 39.3 Å². The van der Waals surface area contributed by atoms with Gasteiger partial charge < -0.3 is 0 Å². The van der Waals surface area contributed by atoms with Crippen LogP contribution in [0, 0.1) is 34.1 Å². The number of hydrogen-bond donors (Lipinski definition) is 1. The van der Waals surface area contributed by atoms with E-state index in [1.165, 1.54) is 45.8 Å². The van der Waals surface area contributed by atoms with Crippen LogP contribution >= 0.6 is 23.2 Å². The average Bonchev–Trinajstić information content (AvgIpc) is 3.79. The Morgan fingerprint density at radius 3 is 1.76 bits per heavy atom. The molecule has 2 heterocycles. The summed E-state index contributed by atoms with van der Waals surface area (Å²) in [4.78, 5) is 26.6. The fourth-order valence-corrected chi connectivity index (χ4v) is 10.7. The summed E-state index contributed by atoms with van der Waals surface area (Å²) in [6, 6.07) is 11.4. The van der Waals surface area contributed by atoms with Crippen LogP contribution in [0.2, 0.25) is 10.0 Å². The molecule has 5 aromatic rings. The van der Waals surface area contributed by atoms with Crippen LogP contribution in [0.5, 0.6) is 0 Å². The van der Waals surface area contributed by atoms with Crippen molar-refractivity contribution in [3.63, 3.8) is 0 Å². The second-order valence-electron chi connectivity index (χ2n) is 16.7. The molecule has 2 fully saturated rings. The van der Waals surface area contributed by atoms with Gasteiger partial charge in [-0.3, -0.25) is 19.4 Å². The summed E-state index contributed by atoms with van der Waals surface area (Å²) in [6.07, 6.45) is 3.93. The molecular weight excluding hydrogens is 751 g/mol. The molecule has 0 saturated heterocycles. The quantitative estimate of drug-likeness (QED) is 0.184. The standard InChI is InChI=1S/C24H22ClF3N2O.C17H18ClFN2O.2CH4/c1-23(2)16-8-9-24(23,3)21-20(16)22(31)30(19-7-6-14(26)10-17(19)25)29(21)12-13-4-5-15(27)11-18(13)28;1-16(2)10-6-7-17(16,3)14-13(10)15(22)21(20-14)12-5-4-9(19)8-11(12)18;;/h4-7,10-11,16H,8-9,12H2,1-3H3;4-5,8,10,20H,6-7H2,1-3H3;2*1H4/t16-,24+;10-,17+;;/m00../s1. The van der Waals surface area contributed by atoms with Gasteiger partial charge in [-0.2, -0.15) is 0 Å². The van der Waals surface area contributed by atoms with E-state index in [-0.39, 0.29) is 81.6 Å². The Labute approximate surface area is 329 Å². The normalized spacial score (nSPS) is 24.4. The molecule has 2 saturated carbocycles. The van der Waals surface area contributed by atoms with Crippen molar-refractivity contribution in [2.45, 2.75) is 111 Å². The van der Waals surface area contributed by atoms with Crippen molar-refractivity contribution in [1.82, 2.24) is 19.1 Å². The number of aromatic amines is 1. The van der Waals surface area contributed by atoms with Crippen molar-refractivity contribution in [3.8, 4) is 11.4 Å². The Balaban J connectivity index is 0.000000190. The van der Waals surface area contributed by atoms with Crippen molar-refractivity contribution < 1.29 is 17.6 Å². The van der Waals surface area contributed by atoms with E-state index in [4.69, 9.17) is 23.2 Å². The molecule has 4 atom stereocenters. The molecule has 0 spiro atoms. The highest BCUT2D eigenvalue weighted by Gasteiger charge is 2.63. The zero-order chi connectivity index (χ0) is 38.2. The monoisotopic (exact) mass is 798 g/mol. The molecule has 55 heavy (non-hydrogen) atoms. The number of nitrogens with one attached hydrogen (secondary N) is 1. The van der Waals surface area contributed by atoms with Crippen LogP contribution in [-0.4, -0.2) is 19.1 Å². The van der Waals surface area contributed by atoms with Crippen molar-refractivity contribution in [1.29, 1.82) is 0 Å². The lowest BCUT2D eigenvalue weighted by molar-refractivity contribution is 0.216. The minimum absolute atomic E-state index is 0. The average molecular weight is 800 g/mol. The second kappa shape index (κ2) is 13.3. The van der Waals surface area contributed by atoms with Gasteiger partial charge in [-0.25, -0.2) is 26.9 Å². The summed E-state index contributed by atoms with van der Waals surface area (Å²) < 4.78 is 59.7. The number of nitrogens with zero attached hydrogens (tertiary/aromatic N) is 3. The van der Waals surface area contributed by atoms with Gasteiger partial charge in [-0.05, 0) is 90.8 Å². The third-order valence-electron chi connectivity index (χ3n) is 14.0. The molecule has 0 aliphatic heterocycles. The van der Waals surface area contributed by atoms with Crippen molar-refractivity contribution in [2.24, 2.45) is 10.8 Å². The van der Waals surface area contributed by atoms with E-state index in [9.17, 15) is 27.2 Å². The highest BCUT2D eigenvalue weighted by Crippen LogP contribution is 2.68. The van der Waals surface area contributed by atoms with Crippen LogP contribution in [0.15, 0.2) is 64.2 Å². The van der Waals surface area contributed by atoms with E-state index in [2.05, 4.69) is 46.6 Å². The van der Waals surface area contributed by atoms with Gasteiger partial charge in [0.2, 0.25) is 0 Å². The fourth-order valence-electron chi connectivity index (χ4n) is 10.2. The third-order valence-corrected chi connectivity index (χ3v) is 14.6. The fraction of sp³-hybridized carbons (Fsp3) is 0.442. The predicted octanol–water partition coefficient (Wildman–Crippen LogP) is 11.3. The van der Waals surface area contributed by atoms with E-state index in [0.29, 0.717) is 11.4 Å². The van der Waals surface area contributed by atoms with E-state index in [1.807, 2.05) is 0 Å². The first-order chi connectivity index (χ1) is 24.8. The zero-order valence-corrected chi connectivity index (χ0v) is 31.8. The molecule has 4 aliphatic carbocycles. The van der Waals surface area contributed by atoms with E-state index in [1.54, 1.807) is 10.7 Å². The van der Waals surface area contributed by atoms with E-state index in [0.717, 1.165) is 60.3 Å². The molecule has 0 unspecified atom stereocenters. The Bertz CT molecular complexity index is 2480. The van der Waals surface area contributed by atoms with Crippen LogP contribution in [0.4, 0.5) is 17.6 Å². The lowest BCUT2D eigenvalue weighted by Crippen LogP contribution is -2.36. The maximum Gasteiger partial charge on any atom is 0.275 e. The molecule has 294 valence electrons. The van der Waals surface area contributed by atoms with Crippen LogP contribution in [0.25, 0.3) is 11.4 Å². The van der Waals surface area contributed by atoms with Gasteiger partial charge in [-0.1, -0.05) is 85.7 Å². The number of rotatable bonds is 4. The molecule has 2 aromatic heterocycles. The van der Waals surface area contributed by atoms with Crippen LogP contribution in [-0.2, 0) is 17.4 Å². The summed E-state index contributed by atoms with van der Waals surface area (Å²) in [5.74, 6) is -1.91. The molecule has 12 heteroatoms. The molecule has 6 nitrogen and oxygen atoms in total. The lowest BCUT2D eigenvalue weighted by atomic mass is 9.70. The highest BCUT2D eigenvalue weighted by molar-refractivity contribution is 6.32. The number of hydrogen-bond acceptors (Lipinski definition) is 2. The van der Waals surface area contributed by atoms with Crippen LogP contribution in [0.3, 0.4) is 0 Å². The Kier molecular flexibility index (Phi) is 9.82. The summed E-state index contributed by atoms with van der Waals surface area (Å²) in [5, 5.41) is 3.59. The third kappa shape index (κ3) is 5.47. The summed E-state index contributed by atoms with van der Waals surface area (Å²) in [6.45, 7) is 13.2. The zero-order valence-electron chi connectivity index (χ0n) is 30.3. The molecule has 0 radical (unpaired) electrons. The summed E-state index contributed by atoms with van der Waals surface area (Å²) >= 11 is 12.4. The van der Waals surface area contributed by atoms with Gasteiger partial charge in [0.15, 0.2) is 0 Å². The number of benzene rings is 3. The van der Waals surface area contributed by atoms with E-state index >= 15 is 0 Å². The Hall–Kier alpha value is -4.02. The van der Waals surface area contributed by atoms with Gasteiger partial charge in [0.25, 0.3) is 11.1 Å². The maximum atomic E-state index is 14.6. The van der Waals surface area contributed by atoms with Gasteiger partial charge in [-0.15, -0.1) is 0 Å². The van der Waals surface area contributed by atoms with Crippen molar-refractivity contribution in [2.75, 3.05) is 0 Å². The van der Waals surface area contributed by atoms with Gasteiger partial charge >= 0.3 is 0 Å². The van der Waals surface area contributed by atoms with Crippen LogP contribution in [0.1, 0.15) is 122 Å². The molecule has 0 amide bonds. The number of fused-ring (bicyclic) bond motifs is 10. The first kappa shape index (κ1) is 40.6. The second-order valence-corrected chi connectivity index (χ2v) is 17.5.